The zero-order valence-corrected chi connectivity index (χ0v) is 15.0. The van der Waals surface area contributed by atoms with Gasteiger partial charge in [0.2, 0.25) is 11.8 Å². The van der Waals surface area contributed by atoms with Gasteiger partial charge in [-0.1, -0.05) is 6.07 Å². The lowest BCUT2D eigenvalue weighted by Crippen LogP contribution is -2.49. The summed E-state index contributed by atoms with van der Waals surface area (Å²) in [6.07, 6.45) is -3.41. The van der Waals surface area contributed by atoms with Gasteiger partial charge in [0.15, 0.2) is 0 Å². The highest BCUT2D eigenvalue weighted by atomic mass is 19.4. The Bertz CT molecular complexity index is 730. The third-order valence-electron chi connectivity index (χ3n) is 4.97. The quantitative estimate of drug-likeness (QED) is 0.810. The average Bonchev–Trinajstić information content (AvgIpc) is 2.84. The van der Waals surface area contributed by atoms with Crippen LogP contribution in [0.4, 0.5) is 18.9 Å². The van der Waals surface area contributed by atoms with Crippen LogP contribution in [0, 0.1) is 0 Å². The van der Waals surface area contributed by atoms with Crippen LogP contribution in [-0.2, 0) is 15.0 Å². The van der Waals surface area contributed by atoms with Crippen molar-refractivity contribution in [3.8, 4) is 5.75 Å². The molecule has 1 aromatic carbocycles. The predicted octanol–water partition coefficient (Wildman–Crippen LogP) is 1.73. The van der Waals surface area contributed by atoms with Crippen LogP contribution in [0.2, 0.25) is 0 Å². The third-order valence-corrected chi connectivity index (χ3v) is 4.97. The highest BCUT2D eigenvalue weighted by Gasteiger charge is 2.53. The average molecular weight is 385 g/mol. The number of nitrogens with one attached hydrogen (secondary N) is 2. The van der Waals surface area contributed by atoms with Gasteiger partial charge in [0.25, 0.3) is 0 Å². The fourth-order valence-electron chi connectivity index (χ4n) is 3.85. The minimum atomic E-state index is -4.50. The summed E-state index contributed by atoms with van der Waals surface area (Å²) in [5, 5.41) is 5.05. The first-order valence-corrected chi connectivity index (χ1v) is 8.91. The van der Waals surface area contributed by atoms with E-state index in [4.69, 9.17) is 4.74 Å². The molecule has 2 amide bonds. The van der Waals surface area contributed by atoms with Crippen molar-refractivity contribution in [1.82, 2.24) is 10.6 Å². The molecule has 3 rings (SSSR count). The normalized spacial score (nSPS) is 18.5. The van der Waals surface area contributed by atoms with E-state index in [-0.39, 0.29) is 5.91 Å². The molecule has 6 nitrogen and oxygen atoms in total. The van der Waals surface area contributed by atoms with E-state index in [0.29, 0.717) is 44.0 Å². The summed E-state index contributed by atoms with van der Waals surface area (Å²) in [7, 11) is 0. The Balaban J connectivity index is 1.92. The second-order valence-electron chi connectivity index (χ2n) is 6.70. The zero-order chi connectivity index (χ0) is 19.7. The summed E-state index contributed by atoms with van der Waals surface area (Å²) in [4.78, 5) is 26.6. The maximum absolute atomic E-state index is 13.3. The molecule has 1 fully saturated rings. The van der Waals surface area contributed by atoms with E-state index in [1.54, 1.807) is 18.2 Å². The van der Waals surface area contributed by atoms with Gasteiger partial charge >= 0.3 is 6.18 Å². The molecule has 0 atom stereocenters. The molecule has 1 saturated heterocycles. The highest BCUT2D eigenvalue weighted by molar-refractivity contribution is 6.11. The molecule has 2 aliphatic heterocycles. The van der Waals surface area contributed by atoms with Crippen LogP contribution in [0.5, 0.6) is 5.75 Å². The van der Waals surface area contributed by atoms with Crippen LogP contribution in [-0.4, -0.2) is 50.8 Å². The number of halogens is 3. The van der Waals surface area contributed by atoms with E-state index >= 15 is 0 Å². The van der Waals surface area contributed by atoms with Crippen LogP contribution in [0.1, 0.15) is 25.3 Å². The van der Waals surface area contributed by atoms with Crippen LogP contribution in [0.3, 0.4) is 0 Å². The van der Waals surface area contributed by atoms with E-state index in [0.717, 1.165) is 5.56 Å². The number of alkyl halides is 3. The van der Waals surface area contributed by atoms with Crippen molar-refractivity contribution in [2.75, 3.05) is 37.7 Å². The second kappa shape index (κ2) is 7.38. The molecule has 2 N–H and O–H groups in total. The maximum atomic E-state index is 13.3. The lowest BCUT2D eigenvalue weighted by atomic mass is 9.73. The van der Waals surface area contributed by atoms with Crippen molar-refractivity contribution in [2.45, 2.75) is 31.4 Å². The van der Waals surface area contributed by atoms with E-state index in [2.05, 4.69) is 5.32 Å². The van der Waals surface area contributed by atoms with Crippen molar-refractivity contribution in [3.63, 3.8) is 0 Å². The zero-order valence-electron chi connectivity index (χ0n) is 15.0. The van der Waals surface area contributed by atoms with E-state index in [1.807, 2.05) is 12.2 Å². The van der Waals surface area contributed by atoms with E-state index in [1.165, 1.54) is 4.90 Å². The number of carbonyl (C=O) groups is 2. The molecule has 9 heteroatoms. The predicted molar refractivity (Wildman–Crippen MR) is 92.8 cm³/mol. The number of amides is 2. The first-order valence-electron chi connectivity index (χ1n) is 8.91. The number of hydrogen-bond acceptors (Lipinski definition) is 4. The molecular formula is C18H22F3N3O3. The Hall–Kier alpha value is -2.29. The number of rotatable bonds is 5. The molecule has 148 valence electrons. The summed E-state index contributed by atoms with van der Waals surface area (Å²) in [5.74, 6) is -0.517. The molecule has 0 unspecified atom stereocenters. The standard InChI is InChI=1S/C18H22F3N3O3/c1-2-27-13-5-3-4-12-15(13)17(6-8-22-9-7-17)16(26)24(12)10-14(25)23-11-18(19,20)21/h3-5,22H,2,6-11H2,1H3,(H,23,25). The monoisotopic (exact) mass is 385 g/mol. The van der Waals surface area contributed by atoms with Crippen molar-refractivity contribution in [1.29, 1.82) is 0 Å². The van der Waals surface area contributed by atoms with Gasteiger partial charge in [0.1, 0.15) is 18.8 Å². The molecule has 0 saturated carbocycles. The topological polar surface area (TPSA) is 70.7 Å². The van der Waals surface area contributed by atoms with Gasteiger partial charge in [-0.2, -0.15) is 13.2 Å². The molecule has 2 heterocycles. The summed E-state index contributed by atoms with van der Waals surface area (Å²) in [6, 6.07) is 5.22. The maximum Gasteiger partial charge on any atom is 0.405 e. The number of benzene rings is 1. The lowest BCUT2D eigenvalue weighted by molar-refractivity contribution is -0.138. The molecule has 0 aromatic heterocycles. The van der Waals surface area contributed by atoms with Crippen molar-refractivity contribution < 1.29 is 27.5 Å². The number of nitrogens with zero attached hydrogens (tertiary/aromatic N) is 1. The molecule has 0 aliphatic carbocycles. The van der Waals surface area contributed by atoms with Crippen molar-refractivity contribution in [2.24, 2.45) is 0 Å². The number of piperidine rings is 1. The number of fused-ring (bicyclic) bond motifs is 2. The van der Waals surface area contributed by atoms with Crippen LogP contribution < -0.4 is 20.3 Å². The highest BCUT2D eigenvalue weighted by Crippen LogP contribution is 2.51. The van der Waals surface area contributed by atoms with Crippen LogP contribution in [0.15, 0.2) is 18.2 Å². The minimum Gasteiger partial charge on any atom is -0.493 e. The first kappa shape index (κ1) is 19.5. The minimum absolute atomic E-state index is 0.256. The second-order valence-corrected chi connectivity index (χ2v) is 6.70. The number of hydrogen-bond donors (Lipinski definition) is 2. The number of carbonyl (C=O) groups excluding carboxylic acids is 2. The molecule has 1 aromatic rings. The Labute approximate surface area is 155 Å². The third kappa shape index (κ3) is 3.73. The van der Waals surface area contributed by atoms with Gasteiger partial charge in [0.05, 0.1) is 17.7 Å². The fourth-order valence-corrected chi connectivity index (χ4v) is 3.85. The number of ether oxygens (including phenoxy) is 1. The molecule has 2 aliphatic rings. The summed E-state index contributed by atoms with van der Waals surface area (Å²) in [5.41, 5.74) is 0.466. The molecule has 1 spiro atoms. The van der Waals surface area contributed by atoms with Gasteiger partial charge in [-0.15, -0.1) is 0 Å². The van der Waals surface area contributed by atoms with Gasteiger partial charge in [-0.05, 0) is 45.0 Å². The Kier molecular flexibility index (Phi) is 5.32. The fraction of sp³-hybridized carbons (Fsp3) is 0.556. The van der Waals surface area contributed by atoms with Gasteiger partial charge < -0.3 is 20.3 Å². The molecule has 0 radical (unpaired) electrons. The summed E-state index contributed by atoms with van der Waals surface area (Å²) < 4.78 is 42.8. The van der Waals surface area contributed by atoms with Gasteiger partial charge in [-0.3, -0.25) is 9.59 Å². The Morgan fingerprint density at radius 3 is 2.67 bits per heavy atom. The van der Waals surface area contributed by atoms with Crippen LogP contribution >= 0.6 is 0 Å². The summed E-state index contributed by atoms with van der Waals surface area (Å²) >= 11 is 0. The van der Waals surface area contributed by atoms with E-state index < -0.39 is 30.6 Å². The first-order chi connectivity index (χ1) is 12.8. The van der Waals surface area contributed by atoms with Gasteiger partial charge in [0, 0.05) is 5.56 Å². The van der Waals surface area contributed by atoms with Crippen molar-refractivity contribution in [3.05, 3.63) is 23.8 Å². The molecule has 27 heavy (non-hydrogen) atoms. The summed E-state index contributed by atoms with van der Waals surface area (Å²) in [6.45, 7) is 1.67. The largest absolute Gasteiger partial charge is 0.493 e. The Morgan fingerprint density at radius 1 is 1.33 bits per heavy atom. The Morgan fingerprint density at radius 2 is 2.04 bits per heavy atom. The lowest BCUT2D eigenvalue weighted by Gasteiger charge is -2.33. The molecular weight excluding hydrogens is 363 g/mol. The van der Waals surface area contributed by atoms with Crippen molar-refractivity contribution >= 4 is 17.5 Å². The smallest absolute Gasteiger partial charge is 0.405 e. The molecule has 0 bridgehead atoms. The number of anilines is 1. The SMILES string of the molecule is CCOc1cccc2c1C1(CCNCC1)C(=O)N2CC(=O)NCC(F)(F)F. The van der Waals surface area contributed by atoms with Crippen LogP contribution in [0.25, 0.3) is 0 Å². The van der Waals surface area contributed by atoms with E-state index in [9.17, 15) is 22.8 Å². The van der Waals surface area contributed by atoms with Gasteiger partial charge in [-0.25, -0.2) is 0 Å².